The van der Waals surface area contributed by atoms with Gasteiger partial charge in [-0.25, -0.2) is 9.59 Å². The quantitative estimate of drug-likeness (QED) is 0.319. The number of nitrogens with one attached hydrogen (secondary N) is 1. The summed E-state index contributed by atoms with van der Waals surface area (Å²) < 4.78 is 16.3. The number of unbranched alkanes of at least 4 members (excludes halogenated alkanes) is 1. The van der Waals surface area contributed by atoms with E-state index in [9.17, 15) is 19.8 Å². The van der Waals surface area contributed by atoms with Gasteiger partial charge in [-0.3, -0.25) is 4.90 Å². The Labute approximate surface area is 211 Å². The third kappa shape index (κ3) is 7.51. The molecule has 0 unspecified atom stereocenters. The second-order valence-corrected chi connectivity index (χ2v) is 9.46. The first-order chi connectivity index (χ1) is 17.4. The average molecular weight is 499 g/mol. The molecule has 2 aliphatic heterocycles. The Morgan fingerprint density at radius 3 is 2.31 bits per heavy atom. The summed E-state index contributed by atoms with van der Waals surface area (Å²) in [6, 6.07) is 17.8. The van der Waals surface area contributed by atoms with E-state index in [2.05, 4.69) is 10.2 Å². The summed E-state index contributed by atoms with van der Waals surface area (Å²) >= 11 is 0. The van der Waals surface area contributed by atoms with Gasteiger partial charge in [-0.2, -0.15) is 0 Å². The number of β-amino-alcohol motifs (C(OH)–C–C–N with tert-alkyl or cyclic N) is 1. The molecule has 0 saturated carbocycles. The minimum absolute atomic E-state index is 0.103. The fraction of sp³-hybridized carbons (Fsp3) is 0.481. The number of esters is 1. The molecular weight excluding hydrogens is 464 g/mol. The van der Waals surface area contributed by atoms with Gasteiger partial charge in [0.05, 0.1) is 18.8 Å². The molecule has 2 aromatic carbocycles. The van der Waals surface area contributed by atoms with Gasteiger partial charge in [0.2, 0.25) is 0 Å². The van der Waals surface area contributed by atoms with Crippen LogP contribution in [0.5, 0.6) is 0 Å². The monoisotopic (exact) mass is 498 g/mol. The fourth-order valence-electron chi connectivity index (χ4n) is 4.64. The summed E-state index contributed by atoms with van der Waals surface area (Å²) in [5, 5.41) is 23.1. The Bertz CT molecular complexity index is 986. The molecule has 2 fully saturated rings. The van der Waals surface area contributed by atoms with E-state index in [1.165, 1.54) is 0 Å². The van der Waals surface area contributed by atoms with E-state index in [4.69, 9.17) is 14.2 Å². The van der Waals surface area contributed by atoms with E-state index >= 15 is 0 Å². The molecule has 9 heteroatoms. The van der Waals surface area contributed by atoms with E-state index in [1.54, 1.807) is 0 Å². The van der Waals surface area contributed by atoms with Crippen molar-refractivity contribution in [2.75, 3.05) is 19.6 Å². The number of carbonyl (C=O) groups is 2. The van der Waals surface area contributed by atoms with Gasteiger partial charge in [0, 0.05) is 13.0 Å². The molecule has 0 aliphatic carbocycles. The van der Waals surface area contributed by atoms with Gasteiger partial charge in [0.1, 0.15) is 19.3 Å². The highest BCUT2D eigenvalue weighted by Crippen LogP contribution is 2.34. The van der Waals surface area contributed by atoms with Crippen molar-refractivity contribution in [1.82, 2.24) is 10.2 Å². The standard InChI is InChI=1S/C27H34N2O7/c30-23-15-27(33)19-29(16-24(23)36-27)14-8-7-13-22(25(31)34-17-20-9-3-1-4-10-20)28-26(32)35-18-21-11-5-2-6-12-21/h1-6,9-12,22-24,30,33H,7-8,13-19H2,(H,28,32)/t22-,23-,24+,27+/m0/s1. The van der Waals surface area contributed by atoms with Crippen molar-refractivity contribution in [2.45, 2.75) is 62.9 Å². The number of likely N-dealkylation sites (tertiary alicyclic amines) is 1. The zero-order valence-corrected chi connectivity index (χ0v) is 20.3. The molecule has 2 bridgehead atoms. The molecule has 4 atom stereocenters. The van der Waals surface area contributed by atoms with Gasteiger partial charge in [0.25, 0.3) is 0 Å². The van der Waals surface area contributed by atoms with Crippen LogP contribution in [0.3, 0.4) is 0 Å². The minimum Gasteiger partial charge on any atom is -0.459 e. The lowest BCUT2D eigenvalue weighted by molar-refractivity contribution is -0.231. The lowest BCUT2D eigenvalue weighted by atomic mass is 10.1. The van der Waals surface area contributed by atoms with Gasteiger partial charge >= 0.3 is 12.1 Å². The van der Waals surface area contributed by atoms with Crippen LogP contribution in [0.4, 0.5) is 4.79 Å². The molecule has 2 heterocycles. The third-order valence-electron chi connectivity index (χ3n) is 6.47. The van der Waals surface area contributed by atoms with E-state index in [0.29, 0.717) is 32.5 Å². The van der Waals surface area contributed by atoms with Crippen LogP contribution in [0, 0.1) is 0 Å². The van der Waals surface area contributed by atoms with Crippen LogP contribution in [0.25, 0.3) is 0 Å². The average Bonchev–Trinajstić information content (AvgIpc) is 3.09. The Balaban J connectivity index is 1.26. The number of amides is 1. The number of ether oxygens (including phenoxy) is 3. The Hall–Kier alpha value is -2.98. The van der Waals surface area contributed by atoms with E-state index in [-0.39, 0.29) is 25.7 Å². The molecule has 0 radical (unpaired) electrons. The number of carbonyl (C=O) groups excluding carboxylic acids is 2. The number of fused-ring (bicyclic) bond motifs is 2. The van der Waals surface area contributed by atoms with Crippen LogP contribution in [0.15, 0.2) is 60.7 Å². The number of hydrogen-bond donors (Lipinski definition) is 3. The Morgan fingerprint density at radius 1 is 1.03 bits per heavy atom. The van der Waals surface area contributed by atoms with Crippen molar-refractivity contribution in [2.24, 2.45) is 0 Å². The summed E-state index contributed by atoms with van der Waals surface area (Å²) in [6.45, 7) is 1.79. The molecule has 3 N–H and O–H groups in total. The summed E-state index contributed by atoms with van der Waals surface area (Å²) in [6.07, 6.45) is 0.268. The lowest BCUT2D eigenvalue weighted by Crippen LogP contribution is -2.51. The van der Waals surface area contributed by atoms with Crippen LogP contribution in [-0.4, -0.2) is 70.8 Å². The summed E-state index contributed by atoms with van der Waals surface area (Å²) in [5.41, 5.74) is 1.71. The Morgan fingerprint density at radius 2 is 1.67 bits per heavy atom. The molecule has 1 amide bonds. The van der Waals surface area contributed by atoms with Crippen molar-refractivity contribution in [3.63, 3.8) is 0 Å². The summed E-state index contributed by atoms with van der Waals surface area (Å²) in [5.74, 6) is -1.81. The van der Waals surface area contributed by atoms with Crippen LogP contribution >= 0.6 is 0 Å². The van der Waals surface area contributed by atoms with Crippen LogP contribution in [-0.2, 0) is 32.2 Å². The van der Waals surface area contributed by atoms with Crippen LogP contribution in [0.2, 0.25) is 0 Å². The van der Waals surface area contributed by atoms with Gasteiger partial charge in [-0.05, 0) is 36.9 Å². The molecular formula is C27H34N2O7. The SMILES string of the molecule is O=C(N[C@@H](CCCCN1C[C@H]2O[C@](O)(C[C@@H]2O)C1)C(=O)OCc1ccccc1)OCc1ccccc1. The first-order valence-corrected chi connectivity index (χ1v) is 12.4. The second kappa shape index (κ2) is 12.3. The topological polar surface area (TPSA) is 118 Å². The fourth-order valence-corrected chi connectivity index (χ4v) is 4.64. The largest absolute Gasteiger partial charge is 0.459 e. The zero-order valence-electron chi connectivity index (χ0n) is 20.3. The van der Waals surface area contributed by atoms with Crippen molar-refractivity contribution >= 4 is 12.1 Å². The van der Waals surface area contributed by atoms with Gasteiger partial charge < -0.3 is 29.7 Å². The van der Waals surface area contributed by atoms with Crippen molar-refractivity contribution in [3.05, 3.63) is 71.8 Å². The van der Waals surface area contributed by atoms with Crippen LogP contribution < -0.4 is 5.32 Å². The number of hydrogen-bond acceptors (Lipinski definition) is 8. The summed E-state index contributed by atoms with van der Waals surface area (Å²) in [7, 11) is 0. The molecule has 9 nitrogen and oxygen atoms in total. The molecule has 2 aliphatic rings. The predicted molar refractivity (Wildman–Crippen MR) is 131 cm³/mol. The summed E-state index contributed by atoms with van der Waals surface area (Å²) in [4.78, 5) is 27.3. The number of nitrogens with zero attached hydrogens (tertiary/aromatic N) is 1. The highest BCUT2D eigenvalue weighted by Gasteiger charge is 2.49. The lowest BCUT2D eigenvalue weighted by Gasteiger charge is -2.36. The van der Waals surface area contributed by atoms with Gasteiger partial charge in [-0.15, -0.1) is 0 Å². The number of rotatable bonds is 11. The maximum atomic E-state index is 12.8. The normalized spacial score (nSPS) is 24.2. The molecule has 36 heavy (non-hydrogen) atoms. The highest BCUT2D eigenvalue weighted by molar-refractivity contribution is 5.81. The molecule has 2 saturated heterocycles. The van der Waals surface area contributed by atoms with Crippen molar-refractivity contribution in [1.29, 1.82) is 0 Å². The molecule has 4 rings (SSSR count). The highest BCUT2D eigenvalue weighted by atomic mass is 16.7. The van der Waals surface area contributed by atoms with Gasteiger partial charge in [-0.1, -0.05) is 60.7 Å². The third-order valence-corrected chi connectivity index (χ3v) is 6.47. The molecule has 194 valence electrons. The van der Waals surface area contributed by atoms with Crippen molar-refractivity contribution in [3.8, 4) is 0 Å². The molecule has 0 spiro atoms. The first kappa shape index (κ1) is 26.1. The number of aliphatic hydroxyl groups excluding tert-OH is 1. The van der Waals surface area contributed by atoms with Gasteiger partial charge in [0.15, 0.2) is 5.79 Å². The maximum absolute atomic E-state index is 12.8. The first-order valence-electron chi connectivity index (χ1n) is 12.4. The smallest absolute Gasteiger partial charge is 0.408 e. The number of benzene rings is 2. The predicted octanol–water partition coefficient (Wildman–Crippen LogP) is 2.35. The second-order valence-electron chi connectivity index (χ2n) is 9.46. The maximum Gasteiger partial charge on any atom is 0.408 e. The van der Waals surface area contributed by atoms with Crippen molar-refractivity contribution < 1.29 is 34.0 Å². The minimum atomic E-state index is -1.30. The van der Waals surface area contributed by atoms with E-state index in [1.807, 2.05) is 60.7 Å². The zero-order chi connectivity index (χ0) is 25.4. The molecule has 2 aromatic rings. The number of alkyl carbamates (subject to hydrolysis) is 1. The Kier molecular flexibility index (Phi) is 8.93. The van der Waals surface area contributed by atoms with Crippen LogP contribution in [0.1, 0.15) is 36.8 Å². The van der Waals surface area contributed by atoms with E-state index in [0.717, 1.165) is 17.5 Å². The van der Waals surface area contributed by atoms with E-state index < -0.39 is 30.0 Å². The number of aliphatic hydroxyl groups is 2. The number of morpholine rings is 1. The molecule has 0 aromatic heterocycles.